The minimum Gasteiger partial charge on any atom is -0.492 e. The molecule has 0 atom stereocenters. The molecule has 0 heterocycles. The topological polar surface area (TPSA) is 84.9 Å². The smallest absolute Gasteiger partial charge is 0.220 e. The summed E-state index contributed by atoms with van der Waals surface area (Å²) in [6.07, 6.45) is 0.156. The molecule has 1 amide bonds. The highest BCUT2D eigenvalue weighted by molar-refractivity contribution is 6.00. The Balaban J connectivity index is 2.75. The molecule has 0 spiro atoms. The normalized spacial score (nSPS) is 11.2. The minimum atomic E-state index is -0.412. The number of nitrogens with zero attached hydrogens (tertiary/aromatic N) is 1. The van der Waals surface area contributed by atoms with E-state index in [9.17, 15) is 4.79 Å². The van der Waals surface area contributed by atoms with Crippen LogP contribution in [0.15, 0.2) is 29.4 Å². The van der Waals surface area contributed by atoms with Gasteiger partial charge in [0.25, 0.3) is 0 Å². The van der Waals surface area contributed by atoms with Gasteiger partial charge in [0.05, 0.1) is 18.7 Å². The van der Waals surface area contributed by atoms with E-state index in [-0.39, 0.29) is 13.0 Å². The first kappa shape index (κ1) is 12.0. The van der Waals surface area contributed by atoms with Gasteiger partial charge in [-0.05, 0) is 19.1 Å². The molecule has 5 heteroatoms. The summed E-state index contributed by atoms with van der Waals surface area (Å²) < 4.78 is 5.38. The van der Waals surface area contributed by atoms with Crippen LogP contribution in [0.25, 0.3) is 0 Å². The second-order valence-corrected chi connectivity index (χ2v) is 3.25. The molecule has 0 aliphatic carbocycles. The van der Waals surface area contributed by atoms with Crippen LogP contribution < -0.4 is 10.5 Å². The Bertz CT molecular complexity index is 402. The van der Waals surface area contributed by atoms with Crippen LogP contribution >= 0.6 is 0 Å². The first-order valence-electron chi connectivity index (χ1n) is 4.84. The van der Waals surface area contributed by atoms with Crippen LogP contribution in [0.3, 0.4) is 0 Å². The van der Waals surface area contributed by atoms with Gasteiger partial charge in [0.2, 0.25) is 5.91 Å². The maximum atomic E-state index is 10.5. The van der Waals surface area contributed by atoms with E-state index in [0.717, 1.165) is 0 Å². The van der Waals surface area contributed by atoms with Crippen molar-refractivity contribution in [1.82, 2.24) is 0 Å². The van der Waals surface area contributed by atoms with Crippen molar-refractivity contribution in [3.05, 3.63) is 29.8 Å². The molecule has 0 aliphatic heterocycles. The largest absolute Gasteiger partial charge is 0.492 e. The van der Waals surface area contributed by atoms with Crippen molar-refractivity contribution in [2.45, 2.75) is 13.3 Å². The second kappa shape index (κ2) is 5.75. The summed E-state index contributed by atoms with van der Waals surface area (Å²) >= 11 is 0. The van der Waals surface area contributed by atoms with Gasteiger partial charge in [-0.3, -0.25) is 4.79 Å². The number of rotatable bonds is 5. The highest BCUT2D eigenvalue weighted by Gasteiger charge is 2.06. The Morgan fingerprint density at radius 1 is 1.50 bits per heavy atom. The molecule has 0 fully saturated rings. The highest BCUT2D eigenvalue weighted by atomic mass is 16.5. The fraction of sp³-hybridized carbons (Fsp3) is 0.273. The molecular weight excluding hydrogens is 208 g/mol. The lowest BCUT2D eigenvalue weighted by Gasteiger charge is -2.09. The molecule has 0 radical (unpaired) electrons. The number of benzene rings is 1. The van der Waals surface area contributed by atoms with Crippen molar-refractivity contribution < 1.29 is 14.7 Å². The summed E-state index contributed by atoms with van der Waals surface area (Å²) in [6.45, 7) is 1.88. The summed E-state index contributed by atoms with van der Waals surface area (Å²) in [6, 6.07) is 7.12. The molecular formula is C11H14N2O3. The molecule has 1 rings (SSSR count). The lowest BCUT2D eigenvalue weighted by Crippen LogP contribution is -2.15. The van der Waals surface area contributed by atoms with E-state index in [1.165, 1.54) is 0 Å². The first-order chi connectivity index (χ1) is 7.65. The van der Waals surface area contributed by atoms with Crippen LogP contribution in [0.2, 0.25) is 0 Å². The van der Waals surface area contributed by atoms with E-state index in [1.807, 2.05) is 6.07 Å². The molecule has 1 aromatic carbocycles. The number of hydrogen-bond donors (Lipinski definition) is 2. The number of nitrogens with two attached hydrogens (primary N) is 1. The van der Waals surface area contributed by atoms with Crippen molar-refractivity contribution in [3.8, 4) is 5.75 Å². The van der Waals surface area contributed by atoms with Crippen LogP contribution in [-0.4, -0.2) is 23.4 Å². The zero-order chi connectivity index (χ0) is 12.0. The summed E-state index contributed by atoms with van der Waals surface area (Å²) in [5, 5.41) is 11.8. The molecule has 0 aliphatic rings. The molecule has 5 nitrogen and oxygen atoms in total. The van der Waals surface area contributed by atoms with Crippen LogP contribution in [0, 0.1) is 0 Å². The molecule has 3 N–H and O–H groups in total. The number of primary amides is 1. The van der Waals surface area contributed by atoms with Crippen molar-refractivity contribution in [2.24, 2.45) is 10.9 Å². The van der Waals surface area contributed by atoms with E-state index >= 15 is 0 Å². The number of ether oxygens (including phenoxy) is 1. The van der Waals surface area contributed by atoms with Crippen molar-refractivity contribution in [1.29, 1.82) is 0 Å². The van der Waals surface area contributed by atoms with Gasteiger partial charge in [-0.25, -0.2) is 0 Å². The summed E-state index contributed by atoms with van der Waals surface area (Å²) in [4.78, 5) is 10.5. The number of carbonyl (C=O) groups is 1. The van der Waals surface area contributed by atoms with Gasteiger partial charge in [0.15, 0.2) is 0 Å². The van der Waals surface area contributed by atoms with Gasteiger partial charge in [-0.15, -0.1) is 0 Å². The van der Waals surface area contributed by atoms with Crippen LogP contribution in [-0.2, 0) is 4.79 Å². The number of hydrogen-bond acceptors (Lipinski definition) is 4. The molecule has 0 bridgehead atoms. The Labute approximate surface area is 93.5 Å². The van der Waals surface area contributed by atoms with Crippen molar-refractivity contribution in [3.63, 3.8) is 0 Å². The Morgan fingerprint density at radius 2 is 2.19 bits per heavy atom. The van der Waals surface area contributed by atoms with E-state index in [4.69, 9.17) is 15.7 Å². The van der Waals surface area contributed by atoms with E-state index in [1.54, 1.807) is 25.1 Å². The maximum Gasteiger partial charge on any atom is 0.220 e. The predicted molar refractivity (Wildman–Crippen MR) is 59.7 cm³/mol. The molecule has 86 valence electrons. The predicted octanol–water partition coefficient (Wildman–Crippen LogP) is 1.14. The van der Waals surface area contributed by atoms with E-state index in [2.05, 4.69) is 5.16 Å². The highest BCUT2D eigenvalue weighted by Crippen LogP contribution is 2.18. The van der Waals surface area contributed by atoms with Crippen molar-refractivity contribution >= 4 is 11.6 Å². The van der Waals surface area contributed by atoms with Crippen LogP contribution in [0.4, 0.5) is 0 Å². The zero-order valence-corrected chi connectivity index (χ0v) is 9.01. The summed E-state index contributed by atoms with van der Waals surface area (Å²) in [5.74, 6) is 0.157. The Morgan fingerprint density at radius 3 is 2.81 bits per heavy atom. The lowest BCUT2D eigenvalue weighted by atomic mass is 10.1. The van der Waals surface area contributed by atoms with Gasteiger partial charge >= 0.3 is 0 Å². The molecule has 16 heavy (non-hydrogen) atoms. The fourth-order valence-electron chi connectivity index (χ4n) is 1.21. The third kappa shape index (κ3) is 3.27. The second-order valence-electron chi connectivity index (χ2n) is 3.25. The summed E-state index contributed by atoms with van der Waals surface area (Å²) in [5.41, 5.74) is 6.14. The van der Waals surface area contributed by atoms with E-state index < -0.39 is 5.91 Å². The molecule has 1 aromatic rings. The van der Waals surface area contributed by atoms with Gasteiger partial charge in [-0.2, -0.15) is 0 Å². The third-order valence-corrected chi connectivity index (χ3v) is 2.03. The molecule has 0 aromatic heterocycles. The number of carbonyl (C=O) groups excluding carboxylic acids is 1. The standard InChI is InChI=1S/C11H14N2O3/c1-8(13-15)9-4-2-3-5-10(9)16-7-6-11(12)14/h2-5,15H,6-7H2,1H3,(H2,12,14)/b13-8+. The zero-order valence-electron chi connectivity index (χ0n) is 9.01. The molecule has 0 saturated heterocycles. The van der Waals surface area contributed by atoms with E-state index in [0.29, 0.717) is 17.0 Å². The third-order valence-electron chi connectivity index (χ3n) is 2.03. The first-order valence-corrected chi connectivity index (χ1v) is 4.84. The average Bonchev–Trinajstić information content (AvgIpc) is 2.28. The van der Waals surface area contributed by atoms with Crippen molar-refractivity contribution in [2.75, 3.05) is 6.61 Å². The van der Waals surface area contributed by atoms with Gasteiger partial charge in [-0.1, -0.05) is 17.3 Å². The van der Waals surface area contributed by atoms with Gasteiger partial charge < -0.3 is 15.7 Å². The monoisotopic (exact) mass is 222 g/mol. The molecule has 0 unspecified atom stereocenters. The SMILES string of the molecule is C/C(=N\O)c1ccccc1OCCC(N)=O. The fourth-order valence-corrected chi connectivity index (χ4v) is 1.21. The molecule has 0 saturated carbocycles. The van der Waals surface area contributed by atoms with Gasteiger partial charge in [0.1, 0.15) is 5.75 Å². The van der Waals surface area contributed by atoms with Crippen LogP contribution in [0.1, 0.15) is 18.9 Å². The number of amides is 1. The number of oxime groups is 1. The Kier molecular flexibility index (Phi) is 4.32. The summed E-state index contributed by atoms with van der Waals surface area (Å²) in [7, 11) is 0. The van der Waals surface area contributed by atoms with Crippen LogP contribution in [0.5, 0.6) is 5.75 Å². The van der Waals surface area contributed by atoms with Gasteiger partial charge in [0, 0.05) is 5.56 Å². The number of para-hydroxylation sites is 1. The lowest BCUT2D eigenvalue weighted by molar-refractivity contribution is -0.118. The maximum absolute atomic E-state index is 10.5. The quantitative estimate of drug-likeness (QED) is 0.445. The average molecular weight is 222 g/mol. The Hall–Kier alpha value is -2.04. The minimum absolute atomic E-state index is 0.156.